The van der Waals surface area contributed by atoms with E-state index in [2.05, 4.69) is 19.2 Å². The molecule has 1 amide bonds. The summed E-state index contributed by atoms with van der Waals surface area (Å²) in [5.74, 6) is 1.69. The van der Waals surface area contributed by atoms with Gasteiger partial charge in [0.2, 0.25) is 0 Å². The van der Waals surface area contributed by atoms with Crippen molar-refractivity contribution < 1.29 is 14.3 Å². The molecule has 4 nitrogen and oxygen atoms in total. The smallest absolute Gasteiger partial charge is 0.262 e. The molecule has 0 aliphatic carbocycles. The van der Waals surface area contributed by atoms with Gasteiger partial charge in [0.1, 0.15) is 11.5 Å². The molecule has 0 unspecified atom stereocenters. The van der Waals surface area contributed by atoms with E-state index in [0.29, 0.717) is 17.4 Å². The first-order valence-corrected chi connectivity index (χ1v) is 8.23. The molecule has 0 aromatic heterocycles. The lowest BCUT2D eigenvalue weighted by Gasteiger charge is -2.12. The van der Waals surface area contributed by atoms with E-state index in [1.165, 1.54) is 5.56 Å². The lowest BCUT2D eigenvalue weighted by Crippen LogP contribution is -2.20. The summed E-state index contributed by atoms with van der Waals surface area (Å²) < 4.78 is 11.1. The van der Waals surface area contributed by atoms with Gasteiger partial charge in [-0.1, -0.05) is 32.0 Å². The lowest BCUT2D eigenvalue weighted by molar-refractivity contribution is -0.118. The van der Waals surface area contributed by atoms with Crippen molar-refractivity contribution in [2.24, 2.45) is 0 Å². The topological polar surface area (TPSA) is 47.6 Å². The van der Waals surface area contributed by atoms with Crippen LogP contribution >= 0.6 is 0 Å². The average molecular weight is 327 g/mol. The molecule has 0 aliphatic heterocycles. The van der Waals surface area contributed by atoms with Gasteiger partial charge in [0.05, 0.1) is 6.10 Å². The zero-order valence-electron chi connectivity index (χ0n) is 14.7. The predicted molar refractivity (Wildman–Crippen MR) is 96.9 cm³/mol. The summed E-state index contributed by atoms with van der Waals surface area (Å²) in [6.45, 7) is 8.17. The highest BCUT2D eigenvalue weighted by atomic mass is 16.5. The Bertz CT molecular complexity index is 663. The number of carbonyl (C=O) groups is 1. The predicted octanol–water partition coefficient (Wildman–Crippen LogP) is 4.61. The Morgan fingerprint density at radius 1 is 1.00 bits per heavy atom. The first-order valence-electron chi connectivity index (χ1n) is 8.23. The van der Waals surface area contributed by atoms with Gasteiger partial charge in [0.15, 0.2) is 6.61 Å². The van der Waals surface area contributed by atoms with Gasteiger partial charge in [-0.3, -0.25) is 4.79 Å². The van der Waals surface area contributed by atoms with Gasteiger partial charge in [-0.05, 0) is 49.6 Å². The van der Waals surface area contributed by atoms with Crippen molar-refractivity contribution in [3.05, 3.63) is 54.1 Å². The van der Waals surface area contributed by atoms with Crippen LogP contribution in [-0.2, 0) is 4.79 Å². The van der Waals surface area contributed by atoms with Crippen molar-refractivity contribution in [3.8, 4) is 11.5 Å². The van der Waals surface area contributed by atoms with Crippen LogP contribution in [0.5, 0.6) is 11.5 Å². The number of nitrogens with one attached hydrogen (secondary N) is 1. The van der Waals surface area contributed by atoms with Gasteiger partial charge in [-0.2, -0.15) is 0 Å². The molecule has 0 saturated carbocycles. The van der Waals surface area contributed by atoms with E-state index in [0.717, 1.165) is 5.75 Å². The van der Waals surface area contributed by atoms with E-state index in [1.54, 1.807) is 6.07 Å². The third-order valence-corrected chi connectivity index (χ3v) is 3.41. The number of carbonyl (C=O) groups excluding carboxylic acids is 1. The van der Waals surface area contributed by atoms with Crippen molar-refractivity contribution >= 4 is 11.6 Å². The lowest BCUT2D eigenvalue weighted by atomic mass is 10.0. The minimum absolute atomic E-state index is 0.0315. The summed E-state index contributed by atoms with van der Waals surface area (Å²) in [5.41, 5.74) is 1.94. The monoisotopic (exact) mass is 327 g/mol. The van der Waals surface area contributed by atoms with Crippen molar-refractivity contribution in [3.63, 3.8) is 0 Å². The molecule has 0 radical (unpaired) electrons. The molecule has 0 bridgehead atoms. The van der Waals surface area contributed by atoms with Crippen LogP contribution in [0.4, 0.5) is 5.69 Å². The maximum absolute atomic E-state index is 12.0. The summed E-state index contributed by atoms with van der Waals surface area (Å²) >= 11 is 0. The molecule has 2 rings (SSSR count). The Labute approximate surface area is 143 Å². The van der Waals surface area contributed by atoms with E-state index in [-0.39, 0.29) is 18.6 Å². The third-order valence-electron chi connectivity index (χ3n) is 3.41. The number of benzene rings is 2. The molecule has 0 fully saturated rings. The number of hydrogen-bond acceptors (Lipinski definition) is 3. The van der Waals surface area contributed by atoms with E-state index in [9.17, 15) is 4.79 Å². The van der Waals surface area contributed by atoms with E-state index in [4.69, 9.17) is 9.47 Å². The Hall–Kier alpha value is -2.49. The molecule has 0 atom stereocenters. The van der Waals surface area contributed by atoms with Crippen LogP contribution in [-0.4, -0.2) is 18.6 Å². The van der Waals surface area contributed by atoms with Crippen molar-refractivity contribution in [1.29, 1.82) is 0 Å². The Morgan fingerprint density at radius 2 is 1.71 bits per heavy atom. The summed E-state index contributed by atoms with van der Waals surface area (Å²) in [5, 5.41) is 2.81. The minimum atomic E-state index is -0.204. The molecule has 0 heterocycles. The third kappa shape index (κ3) is 5.61. The second-order valence-electron chi connectivity index (χ2n) is 6.26. The molecule has 2 aromatic rings. The quantitative estimate of drug-likeness (QED) is 0.807. The standard InChI is InChI=1S/C20H25NO3/c1-14(2)16-8-10-18(11-9-16)23-13-20(22)21-17-6-5-7-19(12-17)24-15(3)4/h5-12,14-15H,13H2,1-4H3,(H,21,22). The first-order chi connectivity index (χ1) is 11.4. The second kappa shape index (κ2) is 8.39. The molecular weight excluding hydrogens is 302 g/mol. The molecule has 2 aromatic carbocycles. The fourth-order valence-electron chi connectivity index (χ4n) is 2.21. The highest BCUT2D eigenvalue weighted by molar-refractivity contribution is 5.92. The van der Waals surface area contributed by atoms with Gasteiger partial charge in [-0.15, -0.1) is 0 Å². The van der Waals surface area contributed by atoms with Crippen LogP contribution in [0.15, 0.2) is 48.5 Å². The van der Waals surface area contributed by atoms with Crippen LogP contribution in [0.1, 0.15) is 39.2 Å². The summed E-state index contributed by atoms with van der Waals surface area (Å²) in [6, 6.07) is 15.1. The Morgan fingerprint density at radius 3 is 2.33 bits per heavy atom. The molecule has 4 heteroatoms. The van der Waals surface area contributed by atoms with Crippen molar-refractivity contribution in [2.75, 3.05) is 11.9 Å². The normalized spacial score (nSPS) is 10.8. The number of ether oxygens (including phenoxy) is 2. The molecule has 0 spiro atoms. The van der Waals surface area contributed by atoms with Crippen LogP contribution in [0, 0.1) is 0 Å². The van der Waals surface area contributed by atoms with Gasteiger partial charge in [0.25, 0.3) is 5.91 Å². The minimum Gasteiger partial charge on any atom is -0.491 e. The van der Waals surface area contributed by atoms with Crippen LogP contribution in [0.3, 0.4) is 0 Å². The fraction of sp³-hybridized carbons (Fsp3) is 0.350. The summed E-state index contributed by atoms with van der Waals surface area (Å²) in [4.78, 5) is 12.0. The van der Waals surface area contributed by atoms with Gasteiger partial charge in [-0.25, -0.2) is 0 Å². The maximum atomic E-state index is 12.0. The zero-order valence-corrected chi connectivity index (χ0v) is 14.7. The Balaban J connectivity index is 1.87. The number of amides is 1. The summed E-state index contributed by atoms with van der Waals surface area (Å²) in [7, 11) is 0. The van der Waals surface area contributed by atoms with Crippen molar-refractivity contribution in [2.45, 2.75) is 39.7 Å². The van der Waals surface area contributed by atoms with Gasteiger partial charge >= 0.3 is 0 Å². The molecule has 24 heavy (non-hydrogen) atoms. The molecule has 0 saturated heterocycles. The van der Waals surface area contributed by atoms with Gasteiger partial charge in [0, 0.05) is 11.8 Å². The average Bonchev–Trinajstić information content (AvgIpc) is 2.53. The molecular formula is C20H25NO3. The fourth-order valence-corrected chi connectivity index (χ4v) is 2.21. The Kier molecular flexibility index (Phi) is 6.24. The zero-order chi connectivity index (χ0) is 17.5. The SMILES string of the molecule is CC(C)Oc1cccc(NC(=O)COc2ccc(C(C)C)cc2)c1. The molecule has 128 valence electrons. The van der Waals surface area contributed by atoms with E-state index in [1.807, 2.05) is 56.3 Å². The highest BCUT2D eigenvalue weighted by Crippen LogP contribution is 2.20. The highest BCUT2D eigenvalue weighted by Gasteiger charge is 2.06. The van der Waals surface area contributed by atoms with E-state index >= 15 is 0 Å². The number of hydrogen-bond donors (Lipinski definition) is 1. The number of rotatable bonds is 7. The van der Waals surface area contributed by atoms with Gasteiger partial charge < -0.3 is 14.8 Å². The first kappa shape index (κ1) is 17.9. The second-order valence-corrected chi connectivity index (χ2v) is 6.26. The molecule has 0 aliphatic rings. The molecule has 1 N–H and O–H groups in total. The number of anilines is 1. The largest absolute Gasteiger partial charge is 0.491 e. The van der Waals surface area contributed by atoms with Crippen LogP contribution in [0.25, 0.3) is 0 Å². The summed E-state index contributed by atoms with van der Waals surface area (Å²) in [6.07, 6.45) is 0.0908. The maximum Gasteiger partial charge on any atom is 0.262 e. The van der Waals surface area contributed by atoms with E-state index < -0.39 is 0 Å². The van der Waals surface area contributed by atoms with Crippen molar-refractivity contribution in [1.82, 2.24) is 0 Å². The van der Waals surface area contributed by atoms with Crippen LogP contribution < -0.4 is 14.8 Å². The van der Waals surface area contributed by atoms with Crippen LogP contribution in [0.2, 0.25) is 0 Å².